The first kappa shape index (κ1) is 10.8. The zero-order chi connectivity index (χ0) is 12.8. The topological polar surface area (TPSA) is 54.5 Å². The molecule has 1 aromatic carbocycles. The molecule has 0 radical (unpaired) electrons. The standard InChI is InChI=1S/C15H16N4/c16-15-18-9-13(19(15)11-6-7-11)12-5-1-3-10-4-2-8-17-14(10)12/h1-5,8,11,13H,6-7,9H2,(H2,16,18). The number of guanidine groups is 1. The number of hydrogen-bond donors (Lipinski definition) is 1. The lowest BCUT2D eigenvalue weighted by atomic mass is 10.0. The minimum atomic E-state index is 0.256. The number of rotatable bonds is 2. The Balaban J connectivity index is 1.82. The van der Waals surface area contributed by atoms with Gasteiger partial charge in [-0.2, -0.15) is 0 Å². The molecule has 0 saturated heterocycles. The third kappa shape index (κ3) is 1.67. The molecule has 2 aromatic rings. The van der Waals surface area contributed by atoms with Crippen molar-refractivity contribution in [2.24, 2.45) is 10.7 Å². The molecule has 1 aliphatic heterocycles. The van der Waals surface area contributed by atoms with Gasteiger partial charge in [-0.15, -0.1) is 0 Å². The fourth-order valence-corrected chi connectivity index (χ4v) is 2.95. The number of aromatic nitrogens is 1. The van der Waals surface area contributed by atoms with Gasteiger partial charge in [0.2, 0.25) is 0 Å². The quantitative estimate of drug-likeness (QED) is 0.890. The van der Waals surface area contributed by atoms with E-state index in [-0.39, 0.29) is 6.04 Å². The summed E-state index contributed by atoms with van der Waals surface area (Å²) in [6.07, 6.45) is 4.31. The summed E-state index contributed by atoms with van der Waals surface area (Å²) in [5.74, 6) is 0.695. The summed E-state index contributed by atoms with van der Waals surface area (Å²) in [5, 5.41) is 1.18. The van der Waals surface area contributed by atoms with E-state index in [1.165, 1.54) is 23.8 Å². The van der Waals surface area contributed by atoms with Gasteiger partial charge in [-0.3, -0.25) is 9.98 Å². The summed E-state index contributed by atoms with van der Waals surface area (Å²) in [4.78, 5) is 11.3. The Morgan fingerprint density at radius 2 is 2.00 bits per heavy atom. The van der Waals surface area contributed by atoms with Gasteiger partial charge in [-0.25, -0.2) is 0 Å². The van der Waals surface area contributed by atoms with Crippen molar-refractivity contribution in [1.82, 2.24) is 9.88 Å². The fourth-order valence-electron chi connectivity index (χ4n) is 2.95. The van der Waals surface area contributed by atoms with E-state index in [9.17, 15) is 0 Å². The molecule has 0 amide bonds. The molecule has 0 spiro atoms. The van der Waals surface area contributed by atoms with Gasteiger partial charge in [0.15, 0.2) is 5.96 Å². The second kappa shape index (κ2) is 3.95. The van der Waals surface area contributed by atoms with Crippen LogP contribution in [0.25, 0.3) is 10.9 Å². The predicted octanol–water partition coefficient (Wildman–Crippen LogP) is 2.07. The number of benzene rings is 1. The van der Waals surface area contributed by atoms with E-state index in [4.69, 9.17) is 5.73 Å². The summed E-state index contributed by atoms with van der Waals surface area (Å²) in [6.45, 7) is 0.748. The van der Waals surface area contributed by atoms with Crippen molar-refractivity contribution in [3.63, 3.8) is 0 Å². The van der Waals surface area contributed by atoms with E-state index in [1.54, 1.807) is 0 Å². The predicted molar refractivity (Wildman–Crippen MR) is 75.8 cm³/mol. The van der Waals surface area contributed by atoms with Crippen LogP contribution in [0.1, 0.15) is 24.4 Å². The van der Waals surface area contributed by atoms with Crippen LogP contribution in [-0.2, 0) is 0 Å². The van der Waals surface area contributed by atoms with Crippen LogP contribution in [0.3, 0.4) is 0 Å². The van der Waals surface area contributed by atoms with Crippen molar-refractivity contribution in [1.29, 1.82) is 0 Å². The van der Waals surface area contributed by atoms with Gasteiger partial charge in [0.1, 0.15) is 0 Å². The number of nitrogens with zero attached hydrogens (tertiary/aromatic N) is 3. The maximum absolute atomic E-state index is 6.05. The molecule has 4 rings (SSSR count). The normalized spacial score (nSPS) is 22.8. The van der Waals surface area contributed by atoms with E-state index in [1.807, 2.05) is 12.3 Å². The van der Waals surface area contributed by atoms with Gasteiger partial charge in [-0.05, 0) is 18.9 Å². The zero-order valence-corrected chi connectivity index (χ0v) is 10.7. The highest BCUT2D eigenvalue weighted by atomic mass is 15.4. The van der Waals surface area contributed by atoms with Crippen LogP contribution in [0, 0.1) is 0 Å². The molecule has 2 heterocycles. The molecule has 2 N–H and O–H groups in total. The van der Waals surface area contributed by atoms with Crippen molar-refractivity contribution < 1.29 is 0 Å². The second-order valence-electron chi connectivity index (χ2n) is 5.28. The van der Waals surface area contributed by atoms with Crippen LogP contribution in [0.5, 0.6) is 0 Å². The Morgan fingerprint density at radius 3 is 2.84 bits per heavy atom. The highest BCUT2D eigenvalue weighted by Crippen LogP contribution is 2.38. The number of hydrogen-bond acceptors (Lipinski definition) is 4. The van der Waals surface area contributed by atoms with E-state index in [2.05, 4.69) is 39.1 Å². The Labute approximate surface area is 112 Å². The monoisotopic (exact) mass is 252 g/mol. The molecule has 1 fully saturated rings. The van der Waals surface area contributed by atoms with Crippen LogP contribution >= 0.6 is 0 Å². The highest BCUT2D eigenvalue weighted by Gasteiger charge is 2.39. The molecule has 1 aliphatic carbocycles. The first-order valence-electron chi connectivity index (χ1n) is 6.76. The third-order valence-corrected chi connectivity index (χ3v) is 3.99. The molecule has 1 aromatic heterocycles. The summed E-state index contributed by atoms with van der Waals surface area (Å²) in [7, 11) is 0. The lowest BCUT2D eigenvalue weighted by Gasteiger charge is -2.27. The molecule has 4 nitrogen and oxygen atoms in total. The molecule has 0 bridgehead atoms. The molecular formula is C15H16N4. The van der Waals surface area contributed by atoms with Crippen molar-refractivity contribution >= 4 is 16.9 Å². The summed E-state index contributed by atoms with van der Waals surface area (Å²) in [5.41, 5.74) is 8.37. The Kier molecular flexibility index (Phi) is 2.24. The minimum Gasteiger partial charge on any atom is -0.370 e. The molecule has 4 heteroatoms. The first-order valence-corrected chi connectivity index (χ1v) is 6.76. The van der Waals surface area contributed by atoms with Gasteiger partial charge in [0, 0.05) is 23.2 Å². The van der Waals surface area contributed by atoms with Crippen LogP contribution in [0.15, 0.2) is 41.5 Å². The molecule has 1 saturated carbocycles. The Hall–Kier alpha value is -2.10. The molecule has 1 atom stereocenters. The van der Waals surface area contributed by atoms with Gasteiger partial charge < -0.3 is 10.6 Å². The SMILES string of the molecule is NC1=NCC(c2cccc3cccnc23)N1C1CC1. The summed E-state index contributed by atoms with van der Waals surface area (Å²) < 4.78 is 0. The van der Waals surface area contributed by atoms with Crippen molar-refractivity contribution in [2.45, 2.75) is 24.9 Å². The van der Waals surface area contributed by atoms with E-state index >= 15 is 0 Å². The number of aliphatic imine (C=N–C) groups is 1. The van der Waals surface area contributed by atoms with Crippen LogP contribution in [0.2, 0.25) is 0 Å². The van der Waals surface area contributed by atoms with Crippen LogP contribution < -0.4 is 5.73 Å². The largest absolute Gasteiger partial charge is 0.370 e. The molecule has 96 valence electrons. The number of pyridine rings is 1. The van der Waals surface area contributed by atoms with Gasteiger partial charge in [-0.1, -0.05) is 24.3 Å². The number of para-hydroxylation sites is 1. The minimum absolute atomic E-state index is 0.256. The lowest BCUT2D eigenvalue weighted by Crippen LogP contribution is -2.37. The molecule has 2 aliphatic rings. The maximum Gasteiger partial charge on any atom is 0.192 e. The van der Waals surface area contributed by atoms with E-state index in [0.29, 0.717) is 12.0 Å². The van der Waals surface area contributed by atoms with Crippen LogP contribution in [-0.4, -0.2) is 28.4 Å². The smallest absolute Gasteiger partial charge is 0.192 e. The van der Waals surface area contributed by atoms with Crippen molar-refractivity contribution in [3.8, 4) is 0 Å². The van der Waals surface area contributed by atoms with Gasteiger partial charge >= 0.3 is 0 Å². The summed E-state index contributed by atoms with van der Waals surface area (Å²) >= 11 is 0. The average molecular weight is 252 g/mol. The highest BCUT2D eigenvalue weighted by molar-refractivity contribution is 5.85. The van der Waals surface area contributed by atoms with E-state index in [0.717, 1.165) is 12.1 Å². The van der Waals surface area contributed by atoms with Gasteiger partial charge in [0.25, 0.3) is 0 Å². The van der Waals surface area contributed by atoms with Crippen molar-refractivity contribution in [2.75, 3.05) is 6.54 Å². The lowest BCUT2D eigenvalue weighted by molar-refractivity contribution is 0.339. The molecule has 19 heavy (non-hydrogen) atoms. The average Bonchev–Trinajstić information content (AvgIpc) is 3.21. The molecule has 1 unspecified atom stereocenters. The number of fused-ring (bicyclic) bond motifs is 1. The number of nitrogens with two attached hydrogens (primary N) is 1. The van der Waals surface area contributed by atoms with Crippen LogP contribution in [0.4, 0.5) is 0 Å². The fraction of sp³-hybridized carbons (Fsp3) is 0.333. The Morgan fingerprint density at radius 1 is 1.16 bits per heavy atom. The second-order valence-corrected chi connectivity index (χ2v) is 5.28. The third-order valence-electron chi connectivity index (χ3n) is 3.99. The molecular weight excluding hydrogens is 236 g/mol. The van der Waals surface area contributed by atoms with E-state index < -0.39 is 0 Å². The summed E-state index contributed by atoms with van der Waals surface area (Å²) in [6, 6.07) is 11.3. The maximum atomic E-state index is 6.05. The Bertz CT molecular complexity index is 655. The zero-order valence-electron chi connectivity index (χ0n) is 10.7. The van der Waals surface area contributed by atoms with Gasteiger partial charge in [0.05, 0.1) is 18.1 Å². The van der Waals surface area contributed by atoms with Crippen molar-refractivity contribution in [3.05, 3.63) is 42.1 Å². The first-order chi connectivity index (χ1) is 9.34.